The minimum absolute atomic E-state index is 0.0928. The molecule has 17 heavy (non-hydrogen) atoms. The number of aryl methyl sites for hydroxylation is 1. The molecular formula is C16H19N. The van der Waals surface area contributed by atoms with E-state index >= 15 is 0 Å². The van der Waals surface area contributed by atoms with Crippen LogP contribution in [0.5, 0.6) is 0 Å². The molecule has 0 fully saturated rings. The molecule has 1 aromatic carbocycles. The summed E-state index contributed by atoms with van der Waals surface area (Å²) < 4.78 is 0. The summed E-state index contributed by atoms with van der Waals surface area (Å²) in [6, 6.07) is 14.7. The molecule has 2 aromatic rings. The van der Waals surface area contributed by atoms with E-state index in [0.717, 1.165) is 11.4 Å². The third-order valence-corrected chi connectivity index (χ3v) is 2.81. The number of nitrogens with zero attached hydrogens (tertiary/aromatic N) is 1. The van der Waals surface area contributed by atoms with Crippen LogP contribution in [0.25, 0.3) is 11.3 Å². The first-order valence-corrected chi connectivity index (χ1v) is 6.01. The van der Waals surface area contributed by atoms with Crippen molar-refractivity contribution in [1.29, 1.82) is 0 Å². The molecule has 0 unspecified atom stereocenters. The lowest BCUT2D eigenvalue weighted by Crippen LogP contribution is -2.14. The number of benzene rings is 1. The normalized spacial score (nSPS) is 11.5. The van der Waals surface area contributed by atoms with Gasteiger partial charge in [0.15, 0.2) is 0 Å². The van der Waals surface area contributed by atoms with E-state index in [1.54, 1.807) is 0 Å². The van der Waals surface area contributed by atoms with Gasteiger partial charge in [0.25, 0.3) is 0 Å². The number of rotatable bonds is 1. The Morgan fingerprint density at radius 3 is 2.18 bits per heavy atom. The largest absolute Gasteiger partial charge is 0.252 e. The topological polar surface area (TPSA) is 12.9 Å². The van der Waals surface area contributed by atoms with E-state index in [0.29, 0.717) is 0 Å². The fourth-order valence-electron chi connectivity index (χ4n) is 1.81. The summed E-state index contributed by atoms with van der Waals surface area (Å²) in [5.74, 6) is 0. The van der Waals surface area contributed by atoms with Crippen LogP contribution in [0.15, 0.2) is 42.5 Å². The van der Waals surface area contributed by atoms with Gasteiger partial charge in [0.05, 0.1) is 5.69 Å². The molecule has 2 rings (SSSR count). The molecule has 0 spiro atoms. The molecule has 1 heterocycles. The molecule has 88 valence electrons. The van der Waals surface area contributed by atoms with Crippen molar-refractivity contribution in [3.8, 4) is 11.3 Å². The molecule has 0 bridgehead atoms. The summed E-state index contributed by atoms with van der Waals surface area (Å²) in [5.41, 5.74) is 4.76. The van der Waals surface area contributed by atoms with Crippen LogP contribution < -0.4 is 0 Å². The van der Waals surface area contributed by atoms with Gasteiger partial charge in [0, 0.05) is 16.7 Å². The summed E-state index contributed by atoms with van der Waals surface area (Å²) in [6.45, 7) is 8.72. The highest BCUT2D eigenvalue weighted by Crippen LogP contribution is 2.25. The predicted molar refractivity (Wildman–Crippen MR) is 73.1 cm³/mol. The van der Waals surface area contributed by atoms with Crippen molar-refractivity contribution in [2.75, 3.05) is 0 Å². The van der Waals surface area contributed by atoms with Gasteiger partial charge in [-0.2, -0.15) is 0 Å². The Hall–Kier alpha value is -1.63. The smallest absolute Gasteiger partial charge is 0.0708 e. The quantitative estimate of drug-likeness (QED) is 0.703. The molecule has 0 atom stereocenters. The molecule has 0 aliphatic rings. The third-order valence-electron chi connectivity index (χ3n) is 2.81. The van der Waals surface area contributed by atoms with Crippen LogP contribution in [-0.2, 0) is 5.41 Å². The average molecular weight is 225 g/mol. The Morgan fingerprint density at radius 2 is 1.59 bits per heavy atom. The molecule has 0 N–H and O–H groups in total. The highest BCUT2D eigenvalue weighted by molar-refractivity contribution is 5.60. The van der Waals surface area contributed by atoms with Crippen LogP contribution in [0.2, 0.25) is 0 Å². The average Bonchev–Trinajstić information content (AvgIpc) is 2.28. The Labute approximate surface area is 104 Å². The molecule has 0 amide bonds. The predicted octanol–water partition coefficient (Wildman–Crippen LogP) is 4.35. The van der Waals surface area contributed by atoms with E-state index in [-0.39, 0.29) is 5.41 Å². The molecule has 1 nitrogen and oxygen atoms in total. The fraction of sp³-hybridized carbons (Fsp3) is 0.312. The lowest BCUT2D eigenvalue weighted by molar-refractivity contribution is 0.569. The first kappa shape index (κ1) is 11.8. The molecule has 0 saturated carbocycles. The van der Waals surface area contributed by atoms with Gasteiger partial charge in [-0.05, 0) is 24.6 Å². The fourth-order valence-corrected chi connectivity index (χ4v) is 1.81. The summed E-state index contributed by atoms with van der Waals surface area (Å²) >= 11 is 0. The highest BCUT2D eigenvalue weighted by atomic mass is 14.7. The molecule has 1 aromatic heterocycles. The Bertz CT molecular complexity index is 507. The van der Waals surface area contributed by atoms with Crippen LogP contribution in [-0.4, -0.2) is 4.98 Å². The van der Waals surface area contributed by atoms with Gasteiger partial charge < -0.3 is 0 Å². The Morgan fingerprint density at radius 1 is 0.941 bits per heavy atom. The minimum atomic E-state index is 0.0928. The van der Waals surface area contributed by atoms with Crippen molar-refractivity contribution in [2.45, 2.75) is 33.1 Å². The van der Waals surface area contributed by atoms with Crippen molar-refractivity contribution in [3.05, 3.63) is 53.7 Å². The monoisotopic (exact) mass is 225 g/mol. The highest BCUT2D eigenvalue weighted by Gasteiger charge is 2.16. The summed E-state index contributed by atoms with van der Waals surface area (Å²) in [4.78, 5) is 4.78. The zero-order valence-corrected chi connectivity index (χ0v) is 11.0. The Balaban J connectivity index is 2.54. The van der Waals surface area contributed by atoms with E-state index in [1.165, 1.54) is 11.1 Å². The number of aromatic nitrogens is 1. The van der Waals surface area contributed by atoms with Crippen LogP contribution >= 0.6 is 0 Å². The van der Waals surface area contributed by atoms with E-state index in [9.17, 15) is 0 Å². The lowest BCUT2D eigenvalue weighted by atomic mass is 9.90. The van der Waals surface area contributed by atoms with Gasteiger partial charge >= 0.3 is 0 Å². The molecule has 0 aliphatic heterocycles. The van der Waals surface area contributed by atoms with Crippen LogP contribution in [0.1, 0.15) is 32.0 Å². The number of pyridine rings is 1. The van der Waals surface area contributed by atoms with Crippen molar-refractivity contribution >= 4 is 0 Å². The zero-order chi connectivity index (χ0) is 12.5. The molecule has 0 radical (unpaired) electrons. The molecular weight excluding hydrogens is 206 g/mol. The molecule has 0 saturated heterocycles. The van der Waals surface area contributed by atoms with E-state index in [4.69, 9.17) is 4.98 Å². The van der Waals surface area contributed by atoms with E-state index < -0.39 is 0 Å². The van der Waals surface area contributed by atoms with Crippen molar-refractivity contribution < 1.29 is 0 Å². The van der Waals surface area contributed by atoms with Crippen LogP contribution in [0, 0.1) is 6.92 Å². The van der Waals surface area contributed by atoms with Gasteiger partial charge in [0.2, 0.25) is 0 Å². The maximum absolute atomic E-state index is 4.78. The first-order valence-electron chi connectivity index (χ1n) is 6.01. The second-order valence-electron chi connectivity index (χ2n) is 5.53. The van der Waals surface area contributed by atoms with Gasteiger partial charge in [-0.15, -0.1) is 0 Å². The van der Waals surface area contributed by atoms with E-state index in [2.05, 4.69) is 64.1 Å². The van der Waals surface area contributed by atoms with Gasteiger partial charge in [-0.3, -0.25) is 4.98 Å². The second kappa shape index (κ2) is 4.33. The summed E-state index contributed by atoms with van der Waals surface area (Å²) in [5, 5.41) is 0. The van der Waals surface area contributed by atoms with Crippen molar-refractivity contribution in [1.82, 2.24) is 4.98 Å². The van der Waals surface area contributed by atoms with Crippen molar-refractivity contribution in [3.63, 3.8) is 0 Å². The maximum Gasteiger partial charge on any atom is 0.0708 e. The number of hydrogen-bond donors (Lipinski definition) is 0. The molecule has 0 aliphatic carbocycles. The van der Waals surface area contributed by atoms with Crippen LogP contribution in [0.4, 0.5) is 0 Å². The lowest BCUT2D eigenvalue weighted by Gasteiger charge is -2.19. The third kappa shape index (κ3) is 2.73. The first-order chi connectivity index (χ1) is 7.97. The summed E-state index contributed by atoms with van der Waals surface area (Å²) in [6.07, 6.45) is 0. The maximum atomic E-state index is 4.78. The Kier molecular flexibility index (Phi) is 3.01. The van der Waals surface area contributed by atoms with Crippen molar-refractivity contribution in [2.24, 2.45) is 0 Å². The van der Waals surface area contributed by atoms with Gasteiger partial charge in [-0.1, -0.05) is 51.1 Å². The van der Waals surface area contributed by atoms with Gasteiger partial charge in [-0.25, -0.2) is 0 Å². The summed E-state index contributed by atoms with van der Waals surface area (Å²) in [7, 11) is 0. The zero-order valence-electron chi connectivity index (χ0n) is 11.0. The van der Waals surface area contributed by atoms with Crippen LogP contribution in [0.3, 0.4) is 0 Å². The van der Waals surface area contributed by atoms with Gasteiger partial charge in [0.1, 0.15) is 0 Å². The van der Waals surface area contributed by atoms with E-state index in [1.807, 2.05) is 6.07 Å². The molecule has 1 heteroatoms. The minimum Gasteiger partial charge on any atom is -0.252 e. The SMILES string of the molecule is Cc1cc(-c2ccccc2)nc(C(C)(C)C)c1. The number of hydrogen-bond acceptors (Lipinski definition) is 1. The standard InChI is InChI=1S/C16H19N/c1-12-10-14(13-8-6-5-7-9-13)17-15(11-12)16(2,3)4/h5-11H,1-4H3. The second-order valence-corrected chi connectivity index (χ2v) is 5.53.